The van der Waals surface area contributed by atoms with Gasteiger partial charge in [-0.15, -0.1) is 11.8 Å². The first-order valence-electron chi connectivity index (χ1n) is 5.21. The molecule has 0 spiro atoms. The first-order valence-corrected chi connectivity index (χ1v) is 5.21. The molecule has 3 heteroatoms. The Hall–Kier alpha value is -0.560. The summed E-state index contributed by atoms with van der Waals surface area (Å²) in [6.45, 7) is 6.28. The van der Waals surface area contributed by atoms with Crippen molar-refractivity contribution < 1.29 is 4.74 Å². The van der Waals surface area contributed by atoms with Crippen LogP contribution in [0.1, 0.15) is 26.7 Å². The van der Waals surface area contributed by atoms with Crippen molar-refractivity contribution >= 4 is 0 Å². The molecule has 0 amide bonds. The molecular weight excluding hydrogens is 176 g/mol. The molecule has 0 saturated carbocycles. The minimum Gasteiger partial charge on any atom is -0.376 e. The Morgan fingerprint density at radius 2 is 2.43 bits per heavy atom. The predicted octanol–water partition coefficient (Wildman–Crippen LogP) is 0.496. The quantitative estimate of drug-likeness (QED) is 0.508. The maximum atomic E-state index is 5.80. The molecule has 0 aromatic rings. The van der Waals surface area contributed by atoms with Gasteiger partial charge in [-0.25, -0.2) is 0 Å². The summed E-state index contributed by atoms with van der Waals surface area (Å²) in [4.78, 5) is 0. The summed E-state index contributed by atoms with van der Waals surface area (Å²) in [5.74, 6) is 5.92. The second kappa shape index (κ2) is 5.35. The van der Waals surface area contributed by atoms with Crippen molar-refractivity contribution in [2.45, 2.75) is 38.3 Å². The molecule has 0 aliphatic carbocycles. The monoisotopic (exact) mass is 196 g/mol. The molecule has 3 N–H and O–H groups in total. The van der Waals surface area contributed by atoms with Gasteiger partial charge >= 0.3 is 0 Å². The lowest BCUT2D eigenvalue weighted by Gasteiger charge is -2.31. The van der Waals surface area contributed by atoms with Gasteiger partial charge in [-0.3, -0.25) is 0 Å². The highest BCUT2D eigenvalue weighted by atomic mass is 16.5. The molecule has 1 fully saturated rings. The van der Waals surface area contributed by atoms with Gasteiger partial charge < -0.3 is 15.8 Å². The zero-order chi connectivity index (χ0) is 10.4. The molecule has 3 nitrogen and oxygen atoms in total. The highest BCUT2D eigenvalue weighted by Gasteiger charge is 2.39. The fourth-order valence-corrected chi connectivity index (χ4v) is 1.85. The smallest absolute Gasteiger partial charge is 0.0741 e. The van der Waals surface area contributed by atoms with Gasteiger partial charge in [-0.1, -0.05) is 0 Å². The number of rotatable bonds is 4. The fourth-order valence-electron chi connectivity index (χ4n) is 1.85. The van der Waals surface area contributed by atoms with Gasteiger partial charge in [0, 0.05) is 26.1 Å². The maximum Gasteiger partial charge on any atom is 0.0741 e. The first-order chi connectivity index (χ1) is 6.75. The molecule has 80 valence electrons. The van der Waals surface area contributed by atoms with Crippen LogP contribution in [-0.4, -0.2) is 31.3 Å². The van der Waals surface area contributed by atoms with E-state index < -0.39 is 0 Å². The van der Waals surface area contributed by atoms with Crippen LogP contribution >= 0.6 is 0 Å². The highest BCUT2D eigenvalue weighted by Crippen LogP contribution is 2.24. The van der Waals surface area contributed by atoms with E-state index in [4.69, 9.17) is 10.5 Å². The molecule has 0 bridgehead atoms. The van der Waals surface area contributed by atoms with E-state index in [-0.39, 0.29) is 11.6 Å². The van der Waals surface area contributed by atoms with Crippen LogP contribution in [0, 0.1) is 11.8 Å². The summed E-state index contributed by atoms with van der Waals surface area (Å²) in [7, 11) is 0. The molecule has 0 aromatic carbocycles. The van der Waals surface area contributed by atoms with Gasteiger partial charge in [0.05, 0.1) is 11.6 Å². The molecule has 2 unspecified atom stereocenters. The van der Waals surface area contributed by atoms with E-state index >= 15 is 0 Å². The minimum absolute atomic E-state index is 0.0184. The Morgan fingerprint density at radius 1 is 1.64 bits per heavy atom. The van der Waals surface area contributed by atoms with Crippen molar-refractivity contribution in [1.29, 1.82) is 0 Å². The van der Waals surface area contributed by atoms with Gasteiger partial charge in [-0.2, -0.15) is 0 Å². The van der Waals surface area contributed by atoms with Gasteiger partial charge in [-0.05, 0) is 20.3 Å². The average molecular weight is 196 g/mol. The van der Waals surface area contributed by atoms with Crippen molar-refractivity contribution in [1.82, 2.24) is 5.32 Å². The summed E-state index contributed by atoms with van der Waals surface area (Å²) in [5, 5.41) is 3.48. The summed E-state index contributed by atoms with van der Waals surface area (Å²) in [6, 6.07) is 0. The van der Waals surface area contributed by atoms with Crippen LogP contribution in [0.4, 0.5) is 0 Å². The van der Waals surface area contributed by atoms with Crippen molar-refractivity contribution in [2.24, 2.45) is 5.73 Å². The lowest BCUT2D eigenvalue weighted by atomic mass is 9.92. The Morgan fingerprint density at radius 3 is 2.93 bits per heavy atom. The largest absolute Gasteiger partial charge is 0.376 e. The van der Waals surface area contributed by atoms with Crippen LogP contribution in [-0.2, 0) is 4.74 Å². The SMILES string of the molecule is CC#CCCNC1(CN)CCOC1C. The van der Waals surface area contributed by atoms with Crippen molar-refractivity contribution in [2.75, 3.05) is 19.7 Å². The second-order valence-electron chi connectivity index (χ2n) is 3.73. The molecule has 1 aliphatic heterocycles. The standard InChI is InChI=1S/C11H20N2O/c1-3-4-5-7-13-11(9-12)6-8-14-10(11)2/h10,13H,5-9,12H2,1-2H3. The zero-order valence-corrected chi connectivity index (χ0v) is 9.10. The molecule has 0 radical (unpaired) electrons. The lowest BCUT2D eigenvalue weighted by Crippen LogP contribution is -2.56. The van der Waals surface area contributed by atoms with Crippen LogP contribution in [0.2, 0.25) is 0 Å². The van der Waals surface area contributed by atoms with E-state index in [0.717, 1.165) is 26.0 Å². The van der Waals surface area contributed by atoms with E-state index in [2.05, 4.69) is 24.1 Å². The van der Waals surface area contributed by atoms with Gasteiger partial charge in [0.1, 0.15) is 0 Å². The third kappa shape index (κ3) is 2.48. The number of nitrogens with one attached hydrogen (secondary N) is 1. The van der Waals surface area contributed by atoms with Crippen LogP contribution in [0.15, 0.2) is 0 Å². The predicted molar refractivity (Wildman–Crippen MR) is 57.9 cm³/mol. The van der Waals surface area contributed by atoms with Crippen LogP contribution in [0.5, 0.6) is 0 Å². The van der Waals surface area contributed by atoms with Crippen LogP contribution in [0.25, 0.3) is 0 Å². The van der Waals surface area contributed by atoms with E-state index in [1.807, 2.05) is 6.92 Å². The highest BCUT2D eigenvalue weighted by molar-refractivity contribution is 5.01. The third-order valence-corrected chi connectivity index (χ3v) is 2.96. The molecule has 1 rings (SSSR count). The van der Waals surface area contributed by atoms with Gasteiger partial charge in [0.25, 0.3) is 0 Å². The molecule has 1 saturated heterocycles. The van der Waals surface area contributed by atoms with Crippen molar-refractivity contribution in [3.05, 3.63) is 0 Å². The normalized spacial score (nSPS) is 31.2. The minimum atomic E-state index is -0.0184. The molecule has 2 atom stereocenters. The van der Waals surface area contributed by atoms with Crippen LogP contribution < -0.4 is 11.1 Å². The Labute approximate surface area is 86.4 Å². The average Bonchev–Trinajstić information content (AvgIpc) is 2.56. The molecule has 14 heavy (non-hydrogen) atoms. The Bertz CT molecular complexity index is 231. The summed E-state index contributed by atoms with van der Waals surface area (Å²) < 4.78 is 5.54. The van der Waals surface area contributed by atoms with Gasteiger partial charge in [0.2, 0.25) is 0 Å². The number of hydrogen-bond acceptors (Lipinski definition) is 3. The second-order valence-corrected chi connectivity index (χ2v) is 3.73. The molecular formula is C11H20N2O. The van der Waals surface area contributed by atoms with E-state index in [1.165, 1.54) is 0 Å². The topological polar surface area (TPSA) is 47.3 Å². The summed E-state index contributed by atoms with van der Waals surface area (Å²) in [5.41, 5.74) is 5.78. The first kappa shape index (κ1) is 11.5. The summed E-state index contributed by atoms with van der Waals surface area (Å²) >= 11 is 0. The number of nitrogens with two attached hydrogens (primary N) is 1. The Balaban J connectivity index is 2.40. The number of ether oxygens (including phenoxy) is 1. The maximum absolute atomic E-state index is 5.80. The number of hydrogen-bond donors (Lipinski definition) is 2. The summed E-state index contributed by atoms with van der Waals surface area (Å²) in [6.07, 6.45) is 2.09. The molecule has 0 aromatic heterocycles. The van der Waals surface area contributed by atoms with Crippen molar-refractivity contribution in [3.63, 3.8) is 0 Å². The molecule has 1 heterocycles. The molecule has 1 aliphatic rings. The van der Waals surface area contributed by atoms with Gasteiger partial charge in [0.15, 0.2) is 0 Å². The third-order valence-electron chi connectivity index (χ3n) is 2.96. The lowest BCUT2D eigenvalue weighted by molar-refractivity contribution is 0.0857. The zero-order valence-electron chi connectivity index (χ0n) is 9.10. The van der Waals surface area contributed by atoms with E-state index in [1.54, 1.807) is 0 Å². The van der Waals surface area contributed by atoms with E-state index in [0.29, 0.717) is 6.54 Å². The van der Waals surface area contributed by atoms with Crippen molar-refractivity contribution in [3.8, 4) is 11.8 Å². The van der Waals surface area contributed by atoms with E-state index in [9.17, 15) is 0 Å². The fraction of sp³-hybridized carbons (Fsp3) is 0.818. The van der Waals surface area contributed by atoms with Crippen LogP contribution in [0.3, 0.4) is 0 Å². The Kier molecular flexibility index (Phi) is 4.40.